The van der Waals surface area contributed by atoms with Crippen LogP contribution >= 0.6 is 0 Å². The molecule has 5 rings (SSSR count). The van der Waals surface area contributed by atoms with Gasteiger partial charge < -0.3 is 23.6 Å². The zero-order valence-electron chi connectivity index (χ0n) is 17.0. The van der Waals surface area contributed by atoms with Crippen LogP contribution in [0.4, 0.5) is 0 Å². The Balaban J connectivity index is 1.77. The molecule has 3 heterocycles. The molecule has 0 aliphatic rings. The Kier molecular flexibility index (Phi) is 4.32. The molecule has 5 aromatic rings. The Labute approximate surface area is 173 Å². The molecular formula is C24H21N3O3. The summed E-state index contributed by atoms with van der Waals surface area (Å²) in [6, 6.07) is 16.1. The first-order valence-corrected chi connectivity index (χ1v) is 9.58. The number of ether oxygens (including phenoxy) is 3. The largest absolute Gasteiger partial charge is 0.493 e. The lowest BCUT2D eigenvalue weighted by molar-refractivity contribution is 0.324. The Bertz CT molecular complexity index is 1340. The average molecular weight is 399 g/mol. The summed E-state index contributed by atoms with van der Waals surface area (Å²) >= 11 is 0. The summed E-state index contributed by atoms with van der Waals surface area (Å²) in [5, 5.41) is 1.13. The van der Waals surface area contributed by atoms with Gasteiger partial charge in [-0.15, -0.1) is 0 Å². The quantitative estimate of drug-likeness (QED) is 0.443. The molecule has 0 amide bonds. The third kappa shape index (κ3) is 2.76. The van der Waals surface area contributed by atoms with E-state index in [1.165, 1.54) is 0 Å². The van der Waals surface area contributed by atoms with E-state index < -0.39 is 0 Å². The minimum absolute atomic E-state index is 0.558. The third-order valence-electron chi connectivity index (χ3n) is 5.32. The monoisotopic (exact) mass is 399 g/mol. The number of para-hydroxylation sites is 1. The molecule has 3 aromatic heterocycles. The molecule has 0 fully saturated rings. The van der Waals surface area contributed by atoms with Crippen LogP contribution in [0, 0.1) is 0 Å². The molecule has 0 saturated heterocycles. The number of fused-ring (bicyclic) bond motifs is 2. The molecule has 1 N–H and O–H groups in total. The summed E-state index contributed by atoms with van der Waals surface area (Å²) in [6.07, 6.45) is 6.07. The normalized spacial score (nSPS) is 11.2. The number of aromatic amines is 1. The zero-order chi connectivity index (χ0) is 20.7. The van der Waals surface area contributed by atoms with Crippen molar-refractivity contribution in [3.63, 3.8) is 0 Å². The van der Waals surface area contributed by atoms with Crippen LogP contribution in [0.2, 0.25) is 0 Å². The number of benzene rings is 2. The van der Waals surface area contributed by atoms with E-state index in [1.54, 1.807) is 21.3 Å². The topological polar surface area (TPSA) is 60.8 Å². The molecule has 6 heteroatoms. The van der Waals surface area contributed by atoms with Crippen LogP contribution < -0.4 is 14.2 Å². The maximum absolute atomic E-state index is 5.55. The van der Waals surface area contributed by atoms with Gasteiger partial charge >= 0.3 is 0 Å². The molecule has 0 saturated carbocycles. The standard InChI is InChI=1S/C24H21N3O3/c1-28-21-11-15(12-22(29-2)24(21)30-3)23-20-9-6-10-27(20)14-19(26-23)17-13-25-18-8-5-4-7-16(17)18/h4-14,25H,1-3H3. The molecule has 0 aliphatic carbocycles. The van der Waals surface area contributed by atoms with Crippen LogP contribution in [0.5, 0.6) is 17.2 Å². The molecule has 0 bridgehead atoms. The minimum Gasteiger partial charge on any atom is -0.493 e. The molecule has 30 heavy (non-hydrogen) atoms. The molecule has 0 radical (unpaired) electrons. The van der Waals surface area contributed by atoms with E-state index >= 15 is 0 Å². The Hall–Kier alpha value is -3.93. The van der Waals surface area contributed by atoms with Crippen molar-refractivity contribution in [1.29, 1.82) is 0 Å². The number of nitrogens with zero attached hydrogens (tertiary/aromatic N) is 2. The lowest BCUT2D eigenvalue weighted by Gasteiger charge is -2.15. The van der Waals surface area contributed by atoms with E-state index in [2.05, 4.69) is 21.5 Å². The second kappa shape index (κ2) is 7.15. The molecule has 0 atom stereocenters. The highest BCUT2D eigenvalue weighted by Crippen LogP contribution is 2.42. The number of hydrogen-bond donors (Lipinski definition) is 1. The molecule has 2 aromatic carbocycles. The van der Waals surface area contributed by atoms with Crippen LogP contribution in [0.1, 0.15) is 0 Å². The van der Waals surface area contributed by atoms with Gasteiger partial charge in [0.05, 0.1) is 38.2 Å². The number of H-pyrrole nitrogens is 1. The van der Waals surface area contributed by atoms with Crippen LogP contribution in [0.25, 0.3) is 38.9 Å². The lowest BCUT2D eigenvalue weighted by Crippen LogP contribution is -1.98. The maximum Gasteiger partial charge on any atom is 0.203 e. The van der Waals surface area contributed by atoms with Crippen LogP contribution in [0.3, 0.4) is 0 Å². The van der Waals surface area contributed by atoms with Gasteiger partial charge in [0, 0.05) is 40.6 Å². The van der Waals surface area contributed by atoms with Gasteiger partial charge in [-0.3, -0.25) is 0 Å². The van der Waals surface area contributed by atoms with Crippen LogP contribution in [-0.2, 0) is 0 Å². The fourth-order valence-electron chi connectivity index (χ4n) is 3.89. The second-order valence-corrected chi connectivity index (χ2v) is 6.94. The van der Waals surface area contributed by atoms with Crippen LogP contribution in [-0.4, -0.2) is 35.7 Å². The number of methoxy groups -OCH3 is 3. The maximum atomic E-state index is 5.55. The smallest absolute Gasteiger partial charge is 0.203 e. The van der Waals surface area contributed by atoms with Gasteiger partial charge in [-0.25, -0.2) is 4.98 Å². The predicted octanol–water partition coefficient (Wildman–Crippen LogP) is 5.18. The van der Waals surface area contributed by atoms with Gasteiger partial charge in [-0.05, 0) is 30.3 Å². The Morgan fingerprint density at radius 2 is 1.67 bits per heavy atom. The summed E-state index contributed by atoms with van der Waals surface area (Å²) < 4.78 is 18.7. The van der Waals surface area contributed by atoms with E-state index in [0.29, 0.717) is 17.2 Å². The summed E-state index contributed by atoms with van der Waals surface area (Å²) in [4.78, 5) is 8.38. The van der Waals surface area contributed by atoms with Crippen molar-refractivity contribution in [2.24, 2.45) is 0 Å². The molecule has 150 valence electrons. The number of rotatable bonds is 5. The molecule has 6 nitrogen and oxygen atoms in total. The van der Waals surface area contributed by atoms with E-state index in [9.17, 15) is 0 Å². The number of hydrogen-bond acceptors (Lipinski definition) is 4. The van der Waals surface area contributed by atoms with Crippen molar-refractivity contribution in [2.75, 3.05) is 21.3 Å². The van der Waals surface area contributed by atoms with Crippen molar-refractivity contribution in [3.8, 4) is 39.8 Å². The van der Waals surface area contributed by atoms with Crippen molar-refractivity contribution in [2.45, 2.75) is 0 Å². The first-order chi connectivity index (χ1) is 14.7. The average Bonchev–Trinajstić information content (AvgIpc) is 3.44. The summed E-state index contributed by atoms with van der Waals surface area (Å²) in [7, 11) is 4.83. The molecule has 0 unspecified atom stereocenters. The van der Waals surface area contributed by atoms with Gasteiger partial charge in [-0.1, -0.05) is 18.2 Å². The van der Waals surface area contributed by atoms with Crippen molar-refractivity contribution >= 4 is 16.4 Å². The van der Waals surface area contributed by atoms with Gasteiger partial charge in [0.2, 0.25) is 5.75 Å². The second-order valence-electron chi connectivity index (χ2n) is 6.94. The van der Waals surface area contributed by atoms with E-state index in [1.807, 2.05) is 55.0 Å². The van der Waals surface area contributed by atoms with E-state index in [-0.39, 0.29) is 0 Å². The zero-order valence-corrected chi connectivity index (χ0v) is 17.0. The predicted molar refractivity (Wildman–Crippen MR) is 118 cm³/mol. The number of nitrogens with one attached hydrogen (secondary N) is 1. The Morgan fingerprint density at radius 1 is 0.900 bits per heavy atom. The fraction of sp³-hybridized carbons (Fsp3) is 0.125. The number of aromatic nitrogens is 3. The van der Waals surface area contributed by atoms with Crippen molar-refractivity contribution < 1.29 is 14.2 Å². The summed E-state index contributed by atoms with van der Waals surface area (Å²) in [5.41, 5.74) is 5.72. The van der Waals surface area contributed by atoms with E-state index in [4.69, 9.17) is 19.2 Å². The van der Waals surface area contributed by atoms with Crippen molar-refractivity contribution in [3.05, 3.63) is 67.1 Å². The Morgan fingerprint density at radius 3 is 2.40 bits per heavy atom. The minimum atomic E-state index is 0.558. The van der Waals surface area contributed by atoms with Crippen LogP contribution in [0.15, 0.2) is 67.1 Å². The summed E-state index contributed by atoms with van der Waals surface area (Å²) in [5.74, 6) is 1.75. The highest BCUT2D eigenvalue weighted by molar-refractivity contribution is 5.95. The van der Waals surface area contributed by atoms with Gasteiger partial charge in [0.25, 0.3) is 0 Å². The van der Waals surface area contributed by atoms with Crippen molar-refractivity contribution in [1.82, 2.24) is 14.4 Å². The molecule has 0 aliphatic heterocycles. The van der Waals surface area contributed by atoms with Gasteiger partial charge in [-0.2, -0.15) is 0 Å². The SMILES string of the molecule is COc1cc(-c2nc(-c3c[nH]c4ccccc34)cn3cccc23)cc(OC)c1OC. The summed E-state index contributed by atoms with van der Waals surface area (Å²) in [6.45, 7) is 0. The highest BCUT2D eigenvalue weighted by Gasteiger charge is 2.18. The first-order valence-electron chi connectivity index (χ1n) is 9.58. The molecule has 0 spiro atoms. The highest BCUT2D eigenvalue weighted by atomic mass is 16.5. The first kappa shape index (κ1) is 18.1. The third-order valence-corrected chi connectivity index (χ3v) is 5.32. The fourth-order valence-corrected chi connectivity index (χ4v) is 3.89. The lowest BCUT2D eigenvalue weighted by atomic mass is 10.1. The van der Waals surface area contributed by atoms with Gasteiger partial charge in [0.1, 0.15) is 0 Å². The molecular weight excluding hydrogens is 378 g/mol. The van der Waals surface area contributed by atoms with Gasteiger partial charge in [0.15, 0.2) is 11.5 Å². The van der Waals surface area contributed by atoms with E-state index in [0.717, 1.165) is 38.9 Å².